The summed E-state index contributed by atoms with van der Waals surface area (Å²) >= 11 is 6.46. The van der Waals surface area contributed by atoms with Gasteiger partial charge in [0.05, 0.1) is 25.1 Å². The van der Waals surface area contributed by atoms with E-state index in [1.807, 2.05) is 22.8 Å². The average Bonchev–Trinajstić information content (AvgIpc) is 3.22. The third-order valence-corrected chi connectivity index (χ3v) is 7.73. The molecule has 0 unspecified atom stereocenters. The van der Waals surface area contributed by atoms with Crippen LogP contribution in [0.4, 0.5) is 10.3 Å². The predicted molar refractivity (Wildman–Crippen MR) is 128 cm³/mol. The van der Waals surface area contributed by atoms with Crippen LogP contribution >= 0.6 is 11.6 Å². The summed E-state index contributed by atoms with van der Waals surface area (Å²) in [6.45, 7) is 3.35. The lowest BCUT2D eigenvalue weighted by atomic mass is 9.95. The quantitative estimate of drug-likeness (QED) is 0.487. The van der Waals surface area contributed by atoms with Crippen LogP contribution in [0.15, 0.2) is 36.5 Å². The van der Waals surface area contributed by atoms with E-state index in [2.05, 4.69) is 20.1 Å². The van der Waals surface area contributed by atoms with Gasteiger partial charge in [0.1, 0.15) is 12.4 Å². The molecular formula is C25H27ClFN5O3. The van der Waals surface area contributed by atoms with Crippen LogP contribution in [-0.4, -0.2) is 59.3 Å². The standard InChI is InChI=1S/C25H27ClFN5O3/c1-33-23-5-3-18(12-28-23)32-22(14-35-19-6-8-34-9-7-19)29-30-24(32)31-13-16-11-25(16,15-31)20-4-2-17(27)10-21(20)26/h2-5,10,12,16,19H,6-9,11,13-15H2,1H3/t16-,25-/m0/s1. The number of rotatable bonds is 7. The van der Waals surface area contributed by atoms with Gasteiger partial charge in [0, 0.05) is 42.8 Å². The number of pyridine rings is 1. The molecule has 0 bridgehead atoms. The molecule has 184 valence electrons. The monoisotopic (exact) mass is 499 g/mol. The molecule has 2 aliphatic heterocycles. The van der Waals surface area contributed by atoms with Crippen LogP contribution in [0.5, 0.6) is 5.88 Å². The molecule has 3 fully saturated rings. The van der Waals surface area contributed by atoms with E-state index in [1.165, 1.54) is 12.1 Å². The minimum Gasteiger partial charge on any atom is -0.481 e. The van der Waals surface area contributed by atoms with Crippen molar-refractivity contribution >= 4 is 17.5 Å². The number of ether oxygens (including phenoxy) is 3. The first-order valence-electron chi connectivity index (χ1n) is 11.9. The van der Waals surface area contributed by atoms with E-state index >= 15 is 0 Å². The maximum Gasteiger partial charge on any atom is 0.232 e. The Morgan fingerprint density at radius 1 is 1.20 bits per heavy atom. The van der Waals surface area contributed by atoms with E-state index in [0.29, 0.717) is 42.5 Å². The first-order chi connectivity index (χ1) is 17.1. The molecule has 2 atom stereocenters. The number of aromatic nitrogens is 4. The number of fused-ring (bicyclic) bond motifs is 1. The highest BCUT2D eigenvalue weighted by molar-refractivity contribution is 6.31. The highest BCUT2D eigenvalue weighted by Crippen LogP contribution is 2.60. The van der Waals surface area contributed by atoms with Crippen molar-refractivity contribution in [3.63, 3.8) is 0 Å². The molecule has 2 aromatic heterocycles. The van der Waals surface area contributed by atoms with Crippen molar-refractivity contribution in [1.82, 2.24) is 19.7 Å². The van der Waals surface area contributed by atoms with E-state index in [9.17, 15) is 4.39 Å². The number of halogens is 2. The second-order valence-electron chi connectivity index (χ2n) is 9.50. The summed E-state index contributed by atoms with van der Waals surface area (Å²) in [6.07, 6.45) is 4.69. The zero-order valence-electron chi connectivity index (χ0n) is 19.5. The van der Waals surface area contributed by atoms with Crippen molar-refractivity contribution in [2.75, 3.05) is 38.3 Å². The molecule has 1 saturated carbocycles. The Morgan fingerprint density at radius 2 is 2.06 bits per heavy atom. The largest absolute Gasteiger partial charge is 0.481 e. The third kappa shape index (κ3) is 4.15. The molecule has 3 aromatic rings. The van der Waals surface area contributed by atoms with Gasteiger partial charge >= 0.3 is 0 Å². The summed E-state index contributed by atoms with van der Waals surface area (Å²) in [4.78, 5) is 6.63. The molecule has 4 heterocycles. The molecule has 35 heavy (non-hydrogen) atoms. The van der Waals surface area contributed by atoms with Gasteiger partial charge in [0.15, 0.2) is 5.82 Å². The number of methoxy groups -OCH3 is 1. The molecule has 0 amide bonds. The summed E-state index contributed by atoms with van der Waals surface area (Å²) in [5.74, 6) is 2.12. The fraction of sp³-hybridized carbons (Fsp3) is 0.480. The molecule has 3 aliphatic rings. The summed E-state index contributed by atoms with van der Waals surface area (Å²) in [6, 6.07) is 8.49. The van der Waals surface area contributed by atoms with Crippen molar-refractivity contribution in [3.05, 3.63) is 58.8 Å². The number of benzene rings is 1. The van der Waals surface area contributed by atoms with Gasteiger partial charge in [-0.3, -0.25) is 4.57 Å². The van der Waals surface area contributed by atoms with E-state index in [-0.39, 0.29) is 17.3 Å². The van der Waals surface area contributed by atoms with E-state index in [1.54, 1.807) is 13.3 Å². The Labute approximate surface area is 208 Å². The number of piperidine rings is 1. The number of anilines is 1. The normalized spacial score (nSPS) is 24.0. The Kier molecular flexibility index (Phi) is 5.86. The van der Waals surface area contributed by atoms with Crippen molar-refractivity contribution in [3.8, 4) is 11.6 Å². The first kappa shape index (κ1) is 22.7. The zero-order chi connectivity index (χ0) is 24.0. The summed E-state index contributed by atoms with van der Waals surface area (Å²) in [5, 5.41) is 9.58. The van der Waals surface area contributed by atoms with Gasteiger partial charge in [-0.15, -0.1) is 10.2 Å². The van der Waals surface area contributed by atoms with Crippen LogP contribution in [0, 0.1) is 11.7 Å². The van der Waals surface area contributed by atoms with Crippen molar-refractivity contribution < 1.29 is 18.6 Å². The van der Waals surface area contributed by atoms with E-state index in [4.69, 9.17) is 25.8 Å². The van der Waals surface area contributed by atoms with Gasteiger partial charge in [-0.25, -0.2) is 9.37 Å². The highest BCUT2D eigenvalue weighted by atomic mass is 35.5. The number of nitrogens with zero attached hydrogens (tertiary/aromatic N) is 5. The van der Waals surface area contributed by atoms with Gasteiger partial charge in [0.2, 0.25) is 11.8 Å². The lowest BCUT2D eigenvalue weighted by molar-refractivity contribution is -0.0412. The van der Waals surface area contributed by atoms with Crippen LogP contribution < -0.4 is 9.64 Å². The Morgan fingerprint density at radius 3 is 2.80 bits per heavy atom. The van der Waals surface area contributed by atoms with E-state index < -0.39 is 0 Å². The second kappa shape index (κ2) is 9.04. The molecule has 0 radical (unpaired) electrons. The van der Waals surface area contributed by atoms with Crippen molar-refractivity contribution in [1.29, 1.82) is 0 Å². The van der Waals surface area contributed by atoms with Crippen LogP contribution in [0.25, 0.3) is 5.69 Å². The van der Waals surface area contributed by atoms with Gasteiger partial charge in [-0.05, 0) is 48.9 Å². The lowest BCUT2D eigenvalue weighted by Crippen LogP contribution is -2.29. The fourth-order valence-electron chi connectivity index (χ4n) is 5.48. The van der Waals surface area contributed by atoms with Crippen LogP contribution in [-0.2, 0) is 21.5 Å². The smallest absolute Gasteiger partial charge is 0.232 e. The molecule has 10 heteroatoms. The number of hydrogen-bond donors (Lipinski definition) is 0. The topological polar surface area (TPSA) is 74.5 Å². The highest BCUT2D eigenvalue weighted by Gasteiger charge is 2.62. The average molecular weight is 500 g/mol. The molecule has 6 rings (SSSR count). The third-order valence-electron chi connectivity index (χ3n) is 7.41. The molecular weight excluding hydrogens is 473 g/mol. The maximum atomic E-state index is 13.7. The lowest BCUT2D eigenvalue weighted by Gasteiger charge is -2.24. The predicted octanol–water partition coefficient (Wildman–Crippen LogP) is 3.94. The molecule has 0 spiro atoms. The Hall–Kier alpha value is -2.75. The van der Waals surface area contributed by atoms with Gasteiger partial charge < -0.3 is 19.1 Å². The molecule has 1 aliphatic carbocycles. The van der Waals surface area contributed by atoms with Gasteiger partial charge in [0.25, 0.3) is 0 Å². The van der Waals surface area contributed by atoms with Crippen LogP contribution in [0.1, 0.15) is 30.7 Å². The minimum atomic E-state index is -0.317. The van der Waals surface area contributed by atoms with Crippen LogP contribution in [0.2, 0.25) is 5.02 Å². The fourth-order valence-corrected chi connectivity index (χ4v) is 5.83. The van der Waals surface area contributed by atoms with Crippen molar-refractivity contribution in [2.24, 2.45) is 5.92 Å². The van der Waals surface area contributed by atoms with Crippen molar-refractivity contribution in [2.45, 2.75) is 37.4 Å². The first-order valence-corrected chi connectivity index (χ1v) is 12.3. The summed E-state index contributed by atoms with van der Waals surface area (Å²) < 4.78 is 32.5. The Balaban J connectivity index is 1.30. The number of hydrogen-bond acceptors (Lipinski definition) is 7. The second-order valence-corrected chi connectivity index (χ2v) is 9.90. The summed E-state index contributed by atoms with van der Waals surface area (Å²) in [5.41, 5.74) is 1.76. The Bertz CT molecular complexity index is 1220. The molecule has 8 nitrogen and oxygen atoms in total. The minimum absolute atomic E-state index is 0.0848. The van der Waals surface area contributed by atoms with Gasteiger partial charge in [-0.1, -0.05) is 17.7 Å². The summed E-state index contributed by atoms with van der Waals surface area (Å²) in [7, 11) is 1.59. The molecule has 1 aromatic carbocycles. The van der Waals surface area contributed by atoms with Crippen LogP contribution in [0.3, 0.4) is 0 Å². The maximum absolute atomic E-state index is 13.7. The molecule has 2 saturated heterocycles. The zero-order valence-corrected chi connectivity index (χ0v) is 20.2. The molecule has 0 N–H and O–H groups in total. The van der Waals surface area contributed by atoms with E-state index in [0.717, 1.165) is 49.6 Å². The van der Waals surface area contributed by atoms with Gasteiger partial charge in [-0.2, -0.15) is 0 Å². The SMILES string of the molecule is COc1ccc(-n2c(COC3CCOCC3)nnc2N2C[C@@H]3C[C@]3(c3ccc(F)cc3Cl)C2)cn1.